The molecule has 7 nitrogen and oxygen atoms in total. The molecular formula is C14H19N5O2. The number of urea groups is 1. The SMILES string of the molecule is Cc1cc(C)n(-c2ccc(CNC(=O)NCCO)cn2)n1. The van der Waals surface area contributed by atoms with Crippen molar-refractivity contribution in [1.29, 1.82) is 0 Å². The molecule has 2 rings (SSSR count). The van der Waals surface area contributed by atoms with Crippen molar-refractivity contribution in [1.82, 2.24) is 25.4 Å². The van der Waals surface area contributed by atoms with Crippen LogP contribution in [0.2, 0.25) is 0 Å². The lowest BCUT2D eigenvalue weighted by Gasteiger charge is -2.07. The fourth-order valence-corrected chi connectivity index (χ4v) is 1.92. The van der Waals surface area contributed by atoms with Crippen LogP contribution in [-0.4, -0.2) is 39.1 Å². The van der Waals surface area contributed by atoms with E-state index in [1.165, 1.54) is 0 Å². The van der Waals surface area contributed by atoms with Crippen LogP contribution in [0.15, 0.2) is 24.4 Å². The van der Waals surface area contributed by atoms with E-state index < -0.39 is 0 Å². The summed E-state index contributed by atoms with van der Waals surface area (Å²) in [6.45, 7) is 4.45. The van der Waals surface area contributed by atoms with Gasteiger partial charge in [-0.25, -0.2) is 14.5 Å². The van der Waals surface area contributed by atoms with Gasteiger partial charge in [-0.15, -0.1) is 0 Å². The number of carbonyl (C=O) groups is 1. The summed E-state index contributed by atoms with van der Waals surface area (Å²) >= 11 is 0. The second kappa shape index (κ2) is 6.85. The number of aliphatic hydroxyl groups excluding tert-OH is 1. The second-order valence-electron chi connectivity index (χ2n) is 4.70. The van der Waals surface area contributed by atoms with Gasteiger partial charge in [-0.05, 0) is 31.5 Å². The first kappa shape index (κ1) is 15.0. The molecule has 2 amide bonds. The summed E-state index contributed by atoms with van der Waals surface area (Å²) in [6.07, 6.45) is 1.71. The van der Waals surface area contributed by atoms with Crippen molar-refractivity contribution in [2.45, 2.75) is 20.4 Å². The topological polar surface area (TPSA) is 92.1 Å². The van der Waals surface area contributed by atoms with E-state index in [1.54, 1.807) is 10.9 Å². The molecular weight excluding hydrogens is 270 g/mol. The van der Waals surface area contributed by atoms with Gasteiger partial charge in [0.25, 0.3) is 0 Å². The Kier molecular flexibility index (Phi) is 4.89. The van der Waals surface area contributed by atoms with Gasteiger partial charge in [0.1, 0.15) is 0 Å². The zero-order valence-electron chi connectivity index (χ0n) is 12.1. The maximum atomic E-state index is 11.3. The zero-order valence-corrected chi connectivity index (χ0v) is 12.1. The maximum absolute atomic E-state index is 11.3. The number of aryl methyl sites for hydroxylation is 2. The molecule has 2 heterocycles. The third kappa shape index (κ3) is 4.03. The fourth-order valence-electron chi connectivity index (χ4n) is 1.92. The van der Waals surface area contributed by atoms with Gasteiger partial charge in [-0.1, -0.05) is 6.07 Å². The van der Waals surface area contributed by atoms with Crippen molar-refractivity contribution in [3.8, 4) is 5.82 Å². The highest BCUT2D eigenvalue weighted by Gasteiger charge is 2.05. The second-order valence-corrected chi connectivity index (χ2v) is 4.70. The Morgan fingerprint density at radius 1 is 1.33 bits per heavy atom. The number of hydrogen-bond acceptors (Lipinski definition) is 4. The van der Waals surface area contributed by atoms with E-state index in [-0.39, 0.29) is 19.2 Å². The number of rotatable bonds is 5. The van der Waals surface area contributed by atoms with Crippen LogP contribution in [0.1, 0.15) is 17.0 Å². The third-order valence-electron chi connectivity index (χ3n) is 2.89. The fraction of sp³-hybridized carbons (Fsp3) is 0.357. The number of pyridine rings is 1. The molecule has 21 heavy (non-hydrogen) atoms. The highest BCUT2D eigenvalue weighted by atomic mass is 16.3. The first-order valence-electron chi connectivity index (χ1n) is 6.71. The lowest BCUT2D eigenvalue weighted by atomic mass is 10.3. The first-order chi connectivity index (χ1) is 10.1. The molecule has 0 saturated heterocycles. The van der Waals surface area contributed by atoms with Crippen LogP contribution in [0.25, 0.3) is 5.82 Å². The average molecular weight is 289 g/mol. The number of nitrogens with one attached hydrogen (secondary N) is 2. The predicted molar refractivity (Wildman–Crippen MR) is 78.2 cm³/mol. The van der Waals surface area contributed by atoms with Crippen molar-refractivity contribution in [2.75, 3.05) is 13.2 Å². The van der Waals surface area contributed by atoms with Crippen LogP contribution < -0.4 is 10.6 Å². The van der Waals surface area contributed by atoms with Crippen molar-refractivity contribution >= 4 is 6.03 Å². The lowest BCUT2D eigenvalue weighted by Crippen LogP contribution is -2.36. The molecule has 0 bridgehead atoms. The molecule has 0 aromatic carbocycles. The molecule has 0 aliphatic carbocycles. The zero-order chi connectivity index (χ0) is 15.2. The molecule has 0 saturated carbocycles. The Morgan fingerprint density at radius 2 is 2.14 bits per heavy atom. The molecule has 0 radical (unpaired) electrons. The van der Waals surface area contributed by atoms with Gasteiger partial charge in [0.15, 0.2) is 5.82 Å². The van der Waals surface area contributed by atoms with Gasteiger partial charge in [-0.2, -0.15) is 5.10 Å². The normalized spacial score (nSPS) is 10.4. The summed E-state index contributed by atoms with van der Waals surface area (Å²) in [5, 5.41) is 18.2. The molecule has 3 N–H and O–H groups in total. The highest BCUT2D eigenvalue weighted by Crippen LogP contribution is 2.10. The molecule has 7 heteroatoms. The Morgan fingerprint density at radius 3 is 2.71 bits per heavy atom. The van der Waals surface area contributed by atoms with Gasteiger partial charge in [0.05, 0.1) is 12.3 Å². The van der Waals surface area contributed by atoms with Crippen molar-refractivity contribution in [3.05, 3.63) is 41.3 Å². The molecule has 0 aliphatic heterocycles. The monoisotopic (exact) mass is 289 g/mol. The van der Waals surface area contributed by atoms with Gasteiger partial charge in [0.2, 0.25) is 0 Å². The van der Waals surface area contributed by atoms with E-state index in [9.17, 15) is 4.79 Å². The quantitative estimate of drug-likeness (QED) is 0.754. The van der Waals surface area contributed by atoms with E-state index in [2.05, 4.69) is 20.7 Å². The van der Waals surface area contributed by atoms with Gasteiger partial charge >= 0.3 is 6.03 Å². The van der Waals surface area contributed by atoms with Crippen LogP contribution in [0, 0.1) is 13.8 Å². The van der Waals surface area contributed by atoms with E-state index >= 15 is 0 Å². The summed E-state index contributed by atoms with van der Waals surface area (Å²) in [6, 6.07) is 5.43. The molecule has 2 aromatic rings. The summed E-state index contributed by atoms with van der Waals surface area (Å²) in [7, 11) is 0. The standard InChI is InChI=1S/C14H19N5O2/c1-10-7-11(2)19(18-10)13-4-3-12(8-16-13)9-17-14(21)15-5-6-20/h3-4,7-8,20H,5-6,9H2,1-2H3,(H2,15,17,21). The summed E-state index contributed by atoms with van der Waals surface area (Å²) < 4.78 is 1.78. The number of hydrogen-bond donors (Lipinski definition) is 3. The Hall–Kier alpha value is -2.41. The Bertz CT molecular complexity index is 606. The Labute approximate surface area is 123 Å². The van der Waals surface area contributed by atoms with Crippen LogP contribution in [0.3, 0.4) is 0 Å². The summed E-state index contributed by atoms with van der Waals surface area (Å²) in [4.78, 5) is 15.7. The van der Waals surface area contributed by atoms with Gasteiger partial charge in [0, 0.05) is 25.0 Å². The minimum atomic E-state index is -0.313. The molecule has 0 atom stereocenters. The molecule has 0 spiro atoms. The number of nitrogens with zero attached hydrogens (tertiary/aromatic N) is 3. The van der Waals surface area contributed by atoms with Crippen LogP contribution in [-0.2, 0) is 6.54 Å². The smallest absolute Gasteiger partial charge is 0.315 e. The van der Waals surface area contributed by atoms with Crippen molar-refractivity contribution in [2.24, 2.45) is 0 Å². The predicted octanol–water partition coefficient (Wildman–Crippen LogP) is 0.676. The van der Waals surface area contributed by atoms with Crippen LogP contribution in [0.4, 0.5) is 4.79 Å². The Balaban J connectivity index is 1.96. The first-order valence-corrected chi connectivity index (χ1v) is 6.71. The molecule has 112 valence electrons. The summed E-state index contributed by atoms with van der Waals surface area (Å²) in [5.41, 5.74) is 2.86. The minimum Gasteiger partial charge on any atom is -0.395 e. The largest absolute Gasteiger partial charge is 0.395 e. The van der Waals surface area contributed by atoms with E-state index in [0.29, 0.717) is 6.54 Å². The molecule has 2 aromatic heterocycles. The highest BCUT2D eigenvalue weighted by molar-refractivity contribution is 5.73. The number of aromatic nitrogens is 3. The van der Waals surface area contributed by atoms with E-state index in [1.807, 2.05) is 32.0 Å². The minimum absolute atomic E-state index is 0.0771. The van der Waals surface area contributed by atoms with Crippen LogP contribution >= 0.6 is 0 Å². The van der Waals surface area contributed by atoms with E-state index in [4.69, 9.17) is 5.11 Å². The number of carbonyl (C=O) groups excluding carboxylic acids is 1. The van der Waals surface area contributed by atoms with E-state index in [0.717, 1.165) is 22.8 Å². The molecule has 0 aliphatic rings. The number of amides is 2. The van der Waals surface area contributed by atoms with Crippen molar-refractivity contribution in [3.63, 3.8) is 0 Å². The third-order valence-corrected chi connectivity index (χ3v) is 2.89. The molecule has 0 unspecified atom stereocenters. The van der Waals surface area contributed by atoms with Crippen LogP contribution in [0.5, 0.6) is 0 Å². The molecule has 0 fully saturated rings. The maximum Gasteiger partial charge on any atom is 0.315 e. The average Bonchev–Trinajstić information content (AvgIpc) is 2.82. The van der Waals surface area contributed by atoms with Crippen molar-refractivity contribution < 1.29 is 9.90 Å². The summed E-state index contributed by atoms with van der Waals surface area (Å²) in [5.74, 6) is 0.745. The number of aliphatic hydroxyl groups is 1. The lowest BCUT2D eigenvalue weighted by molar-refractivity contribution is 0.234. The van der Waals surface area contributed by atoms with Gasteiger partial charge in [-0.3, -0.25) is 0 Å². The van der Waals surface area contributed by atoms with Gasteiger partial charge < -0.3 is 15.7 Å².